The molecule has 11 heteroatoms. The maximum absolute atomic E-state index is 13.5. The van der Waals surface area contributed by atoms with Crippen LogP contribution >= 0.6 is 0 Å². The smallest absolute Gasteiger partial charge is 0.416 e. The van der Waals surface area contributed by atoms with Gasteiger partial charge in [0.15, 0.2) is 0 Å². The van der Waals surface area contributed by atoms with E-state index in [9.17, 15) is 41.0 Å². The van der Waals surface area contributed by atoms with E-state index < -0.39 is 53.9 Å². The van der Waals surface area contributed by atoms with E-state index in [-0.39, 0.29) is 37.1 Å². The Morgan fingerprint density at radius 3 is 2.11 bits per heavy atom. The summed E-state index contributed by atoms with van der Waals surface area (Å²) in [6.45, 7) is 3.59. The lowest BCUT2D eigenvalue weighted by molar-refractivity contribution is -0.143. The molecule has 1 N–H and O–H groups in total. The van der Waals surface area contributed by atoms with Gasteiger partial charge in [-0.3, -0.25) is 4.79 Å². The lowest BCUT2D eigenvalue weighted by Crippen LogP contribution is -2.47. The summed E-state index contributed by atoms with van der Waals surface area (Å²) in [5, 5.41) is 9.54. The highest BCUT2D eigenvalue weighted by molar-refractivity contribution is 5.80. The van der Waals surface area contributed by atoms with Gasteiger partial charge in [0.25, 0.3) is 0 Å². The molecule has 1 heterocycles. The standard InChI is InChI=1S/C26H28F6N2O3/c1-15(2)19-6-4-5-7-20(19)22-14-34(24(36)37)9-8-21(22)23(35)33(3)13-16-10-17(25(27,28)29)12-18(11-16)26(30,31)32/h4-7,10-12,15,21-22H,8-9,13-14H2,1-3H3,(H,36,37)/t21-,22+/m1/s1. The van der Waals surface area contributed by atoms with Crippen molar-refractivity contribution in [2.75, 3.05) is 20.1 Å². The van der Waals surface area contributed by atoms with E-state index in [1.807, 2.05) is 32.0 Å². The molecule has 5 nitrogen and oxygen atoms in total. The van der Waals surface area contributed by atoms with Crippen molar-refractivity contribution in [2.45, 2.75) is 51.0 Å². The molecule has 0 unspecified atom stereocenters. The normalized spacial score (nSPS) is 18.7. The summed E-state index contributed by atoms with van der Waals surface area (Å²) in [4.78, 5) is 27.5. The van der Waals surface area contributed by atoms with Crippen LogP contribution in [0.25, 0.3) is 0 Å². The molecule has 2 aromatic carbocycles. The molecule has 37 heavy (non-hydrogen) atoms. The molecule has 2 aromatic rings. The van der Waals surface area contributed by atoms with Crippen LogP contribution in [0, 0.1) is 5.92 Å². The number of hydrogen-bond acceptors (Lipinski definition) is 2. The van der Waals surface area contributed by atoms with E-state index >= 15 is 0 Å². The third-order valence-electron chi connectivity index (χ3n) is 6.66. The topological polar surface area (TPSA) is 60.9 Å². The molecule has 2 atom stereocenters. The minimum absolute atomic E-state index is 0.0467. The highest BCUT2D eigenvalue weighted by Crippen LogP contribution is 2.39. The van der Waals surface area contributed by atoms with Gasteiger partial charge in [0.05, 0.1) is 11.1 Å². The molecule has 0 spiro atoms. The Bertz CT molecular complexity index is 1110. The zero-order chi connectivity index (χ0) is 27.7. The Balaban J connectivity index is 1.94. The van der Waals surface area contributed by atoms with Gasteiger partial charge in [-0.15, -0.1) is 0 Å². The van der Waals surface area contributed by atoms with Gasteiger partial charge < -0.3 is 14.9 Å². The van der Waals surface area contributed by atoms with Gasteiger partial charge in [-0.2, -0.15) is 26.3 Å². The number of amides is 2. The molecule has 3 rings (SSSR count). The molecular formula is C26H28F6N2O3. The summed E-state index contributed by atoms with van der Waals surface area (Å²) in [6, 6.07) is 8.61. The van der Waals surface area contributed by atoms with Crippen molar-refractivity contribution in [2.24, 2.45) is 5.92 Å². The Kier molecular flexibility index (Phi) is 8.14. The van der Waals surface area contributed by atoms with E-state index in [1.54, 1.807) is 6.07 Å². The second-order valence-electron chi connectivity index (χ2n) is 9.62. The number of nitrogens with zero attached hydrogens (tertiary/aromatic N) is 2. The number of hydrogen-bond donors (Lipinski definition) is 1. The van der Waals surface area contributed by atoms with Crippen LogP contribution in [0.4, 0.5) is 31.1 Å². The Morgan fingerprint density at radius 1 is 1.03 bits per heavy atom. The SMILES string of the molecule is CC(C)c1ccccc1[C@@H]1CN(C(=O)O)CC[C@H]1C(=O)N(C)Cc1cc(C(F)(F)F)cc(C(F)(F)F)c1. The minimum atomic E-state index is -4.99. The van der Waals surface area contributed by atoms with Crippen molar-refractivity contribution in [3.8, 4) is 0 Å². The van der Waals surface area contributed by atoms with Gasteiger partial charge in [0.2, 0.25) is 5.91 Å². The average molecular weight is 531 g/mol. The summed E-state index contributed by atoms with van der Waals surface area (Å²) in [5.41, 5.74) is -1.46. The van der Waals surface area contributed by atoms with Crippen LogP contribution in [0.15, 0.2) is 42.5 Å². The fourth-order valence-corrected chi connectivity index (χ4v) is 4.86. The molecule has 0 saturated carbocycles. The van der Waals surface area contributed by atoms with Gasteiger partial charge in [0, 0.05) is 38.5 Å². The first-order valence-corrected chi connectivity index (χ1v) is 11.7. The van der Waals surface area contributed by atoms with Crippen molar-refractivity contribution in [1.82, 2.24) is 9.80 Å². The fourth-order valence-electron chi connectivity index (χ4n) is 4.86. The van der Waals surface area contributed by atoms with Crippen LogP contribution in [0.3, 0.4) is 0 Å². The number of likely N-dealkylation sites (tertiary alicyclic amines) is 1. The van der Waals surface area contributed by atoms with E-state index in [0.717, 1.165) is 16.0 Å². The average Bonchev–Trinajstić information content (AvgIpc) is 2.81. The quantitative estimate of drug-likeness (QED) is 0.444. The summed E-state index contributed by atoms with van der Waals surface area (Å²) < 4.78 is 79.6. The molecule has 1 saturated heterocycles. The van der Waals surface area contributed by atoms with E-state index in [0.29, 0.717) is 12.1 Å². The van der Waals surface area contributed by atoms with Crippen molar-refractivity contribution in [3.05, 3.63) is 70.3 Å². The largest absolute Gasteiger partial charge is 0.465 e. The third-order valence-corrected chi connectivity index (χ3v) is 6.66. The molecule has 1 fully saturated rings. The van der Waals surface area contributed by atoms with Crippen molar-refractivity contribution >= 4 is 12.0 Å². The van der Waals surface area contributed by atoms with E-state index in [1.165, 1.54) is 11.9 Å². The number of alkyl halides is 6. The minimum Gasteiger partial charge on any atom is -0.465 e. The first kappa shape index (κ1) is 28.3. The van der Waals surface area contributed by atoms with Gasteiger partial charge in [-0.1, -0.05) is 38.1 Å². The van der Waals surface area contributed by atoms with Crippen LogP contribution in [-0.2, 0) is 23.7 Å². The summed E-state index contributed by atoms with van der Waals surface area (Å²) in [5.74, 6) is -1.62. The Morgan fingerprint density at radius 2 is 1.59 bits per heavy atom. The number of benzene rings is 2. The molecule has 0 aliphatic carbocycles. The maximum atomic E-state index is 13.5. The Labute approximate surface area is 210 Å². The predicted octanol–water partition coefficient (Wildman–Crippen LogP) is 6.59. The van der Waals surface area contributed by atoms with Gasteiger partial charge in [-0.05, 0) is 47.2 Å². The zero-order valence-corrected chi connectivity index (χ0v) is 20.5. The molecule has 0 aromatic heterocycles. The second-order valence-corrected chi connectivity index (χ2v) is 9.62. The molecule has 0 radical (unpaired) electrons. The molecule has 1 aliphatic heterocycles. The number of carbonyl (C=O) groups is 2. The second kappa shape index (κ2) is 10.6. The lowest BCUT2D eigenvalue weighted by atomic mass is 9.76. The van der Waals surface area contributed by atoms with Crippen molar-refractivity contribution < 1.29 is 41.0 Å². The molecule has 2 amide bonds. The van der Waals surface area contributed by atoms with Crippen LogP contribution < -0.4 is 0 Å². The summed E-state index contributed by atoms with van der Waals surface area (Å²) >= 11 is 0. The molecule has 202 valence electrons. The number of halogens is 6. The first-order valence-electron chi connectivity index (χ1n) is 11.7. The van der Waals surface area contributed by atoms with Gasteiger partial charge in [-0.25, -0.2) is 4.79 Å². The van der Waals surface area contributed by atoms with Crippen LogP contribution in [0.1, 0.15) is 59.9 Å². The highest BCUT2D eigenvalue weighted by atomic mass is 19.4. The van der Waals surface area contributed by atoms with Crippen LogP contribution in [0.2, 0.25) is 0 Å². The maximum Gasteiger partial charge on any atom is 0.416 e. The summed E-state index contributed by atoms with van der Waals surface area (Å²) in [6.07, 6.45) is -10.9. The van der Waals surface area contributed by atoms with Crippen molar-refractivity contribution in [1.29, 1.82) is 0 Å². The molecule has 1 aliphatic rings. The lowest BCUT2D eigenvalue weighted by Gasteiger charge is -2.39. The number of carbonyl (C=O) groups excluding carboxylic acids is 1. The van der Waals surface area contributed by atoms with Gasteiger partial charge in [0.1, 0.15) is 0 Å². The van der Waals surface area contributed by atoms with E-state index in [4.69, 9.17) is 0 Å². The monoisotopic (exact) mass is 530 g/mol. The molecule has 0 bridgehead atoms. The van der Waals surface area contributed by atoms with Crippen molar-refractivity contribution in [3.63, 3.8) is 0 Å². The summed E-state index contributed by atoms with van der Waals surface area (Å²) in [7, 11) is 1.32. The van der Waals surface area contributed by atoms with Crippen LogP contribution in [0.5, 0.6) is 0 Å². The number of piperidine rings is 1. The number of rotatable bonds is 5. The Hall–Kier alpha value is -3.24. The first-order chi connectivity index (χ1) is 17.1. The number of carboxylic acid groups (broad SMARTS) is 1. The molecular weight excluding hydrogens is 502 g/mol. The third kappa shape index (κ3) is 6.56. The predicted molar refractivity (Wildman–Crippen MR) is 124 cm³/mol. The zero-order valence-electron chi connectivity index (χ0n) is 20.5. The van der Waals surface area contributed by atoms with Crippen LogP contribution in [-0.4, -0.2) is 47.0 Å². The van der Waals surface area contributed by atoms with Gasteiger partial charge >= 0.3 is 18.4 Å². The fraction of sp³-hybridized carbons (Fsp3) is 0.462. The van der Waals surface area contributed by atoms with E-state index in [2.05, 4.69) is 0 Å². The highest BCUT2D eigenvalue weighted by Gasteiger charge is 2.40.